The van der Waals surface area contributed by atoms with Gasteiger partial charge in [-0.1, -0.05) is 13.0 Å². The molecule has 1 atom stereocenters. The van der Waals surface area contributed by atoms with Gasteiger partial charge in [-0.05, 0) is 18.4 Å². The van der Waals surface area contributed by atoms with Gasteiger partial charge in [-0.3, -0.25) is 4.79 Å². The van der Waals surface area contributed by atoms with Crippen LogP contribution >= 0.6 is 0 Å². The fraction of sp³-hybridized carbons (Fsp3) is 0.444. The molecular weight excluding hydrogens is 143 g/mol. The van der Waals surface area contributed by atoms with Gasteiger partial charge in [0.2, 0.25) is 0 Å². The second-order valence-corrected chi connectivity index (χ2v) is 2.97. The molecule has 1 nitrogen and oxygen atoms in total. The maximum absolute atomic E-state index is 13.0. The highest BCUT2D eigenvalue weighted by molar-refractivity contribution is 5.81. The summed E-state index contributed by atoms with van der Waals surface area (Å²) in [5, 5.41) is 0. The molecule has 0 aromatic rings. The molecule has 1 rings (SSSR count). The zero-order chi connectivity index (χ0) is 8.43. The van der Waals surface area contributed by atoms with E-state index >= 15 is 0 Å². The maximum atomic E-state index is 13.0. The van der Waals surface area contributed by atoms with Crippen LogP contribution in [0.25, 0.3) is 0 Å². The van der Waals surface area contributed by atoms with E-state index in [9.17, 15) is 9.18 Å². The molecule has 2 heteroatoms. The second-order valence-electron chi connectivity index (χ2n) is 2.97. The van der Waals surface area contributed by atoms with Crippen molar-refractivity contribution in [1.82, 2.24) is 0 Å². The van der Waals surface area contributed by atoms with Crippen LogP contribution in [-0.2, 0) is 4.79 Å². The van der Waals surface area contributed by atoms with Gasteiger partial charge in [0.15, 0.2) is 6.29 Å². The number of halogens is 1. The number of allylic oxidation sites excluding steroid dienone is 4. The van der Waals surface area contributed by atoms with Crippen molar-refractivity contribution in [3.63, 3.8) is 0 Å². The minimum Gasteiger partial charge on any atom is -0.298 e. The molecule has 1 aliphatic rings. The highest BCUT2D eigenvalue weighted by atomic mass is 19.1. The van der Waals surface area contributed by atoms with Crippen LogP contribution in [0.5, 0.6) is 0 Å². The minimum atomic E-state index is -0.271. The van der Waals surface area contributed by atoms with Gasteiger partial charge in [-0.15, -0.1) is 0 Å². The molecule has 0 heterocycles. The highest BCUT2D eigenvalue weighted by Gasteiger charge is 2.16. The first kappa shape index (κ1) is 8.18. The molecule has 0 N–H and O–H groups in total. The Hall–Kier alpha value is -0.920. The average Bonchev–Trinajstić information content (AvgIpc) is 1.85. The van der Waals surface area contributed by atoms with Crippen LogP contribution in [0.4, 0.5) is 4.39 Å². The van der Waals surface area contributed by atoms with Gasteiger partial charge < -0.3 is 0 Å². The van der Waals surface area contributed by atoms with Gasteiger partial charge in [-0.2, -0.15) is 0 Å². The minimum absolute atomic E-state index is 0.221. The zero-order valence-electron chi connectivity index (χ0n) is 6.73. The van der Waals surface area contributed by atoms with Crippen LogP contribution in [0.3, 0.4) is 0 Å². The summed E-state index contributed by atoms with van der Waals surface area (Å²) in [6.07, 6.45) is 2.88. The van der Waals surface area contributed by atoms with Gasteiger partial charge in [0.25, 0.3) is 0 Å². The SMILES string of the molecule is CC1=CC(C)CC(F)=C1C=O. The van der Waals surface area contributed by atoms with Crippen molar-refractivity contribution in [2.75, 3.05) is 0 Å². The van der Waals surface area contributed by atoms with E-state index in [0.717, 1.165) is 5.57 Å². The summed E-state index contributed by atoms with van der Waals surface area (Å²) < 4.78 is 13.0. The fourth-order valence-electron chi connectivity index (χ4n) is 1.34. The summed E-state index contributed by atoms with van der Waals surface area (Å²) in [4.78, 5) is 10.3. The van der Waals surface area contributed by atoms with Crippen LogP contribution in [0.15, 0.2) is 23.0 Å². The largest absolute Gasteiger partial charge is 0.298 e. The zero-order valence-corrected chi connectivity index (χ0v) is 6.73. The Kier molecular flexibility index (Phi) is 2.22. The molecule has 11 heavy (non-hydrogen) atoms. The number of rotatable bonds is 1. The summed E-state index contributed by atoms with van der Waals surface area (Å²) in [6.45, 7) is 3.70. The normalized spacial score (nSPS) is 25.0. The van der Waals surface area contributed by atoms with Crippen LogP contribution in [0.1, 0.15) is 20.3 Å². The van der Waals surface area contributed by atoms with Crippen molar-refractivity contribution >= 4 is 6.29 Å². The Morgan fingerprint density at radius 3 is 2.82 bits per heavy atom. The van der Waals surface area contributed by atoms with E-state index in [0.29, 0.717) is 12.7 Å². The molecule has 0 aromatic carbocycles. The van der Waals surface area contributed by atoms with Crippen molar-refractivity contribution in [3.8, 4) is 0 Å². The topological polar surface area (TPSA) is 17.1 Å². The summed E-state index contributed by atoms with van der Waals surface area (Å²) in [6, 6.07) is 0. The summed E-state index contributed by atoms with van der Waals surface area (Å²) in [7, 11) is 0. The Morgan fingerprint density at radius 2 is 2.36 bits per heavy atom. The monoisotopic (exact) mass is 154 g/mol. The molecule has 0 bridgehead atoms. The van der Waals surface area contributed by atoms with Crippen molar-refractivity contribution in [1.29, 1.82) is 0 Å². The van der Waals surface area contributed by atoms with Crippen molar-refractivity contribution in [2.45, 2.75) is 20.3 Å². The van der Waals surface area contributed by atoms with Gasteiger partial charge in [-0.25, -0.2) is 4.39 Å². The molecular formula is C9H11FO. The maximum Gasteiger partial charge on any atom is 0.152 e. The van der Waals surface area contributed by atoms with Crippen LogP contribution in [-0.4, -0.2) is 6.29 Å². The van der Waals surface area contributed by atoms with Crippen molar-refractivity contribution in [3.05, 3.63) is 23.0 Å². The quantitative estimate of drug-likeness (QED) is 0.530. The third-order valence-corrected chi connectivity index (χ3v) is 1.87. The van der Waals surface area contributed by atoms with Crippen LogP contribution in [0.2, 0.25) is 0 Å². The van der Waals surface area contributed by atoms with Gasteiger partial charge in [0.1, 0.15) is 5.83 Å². The van der Waals surface area contributed by atoms with Gasteiger partial charge in [0.05, 0.1) is 0 Å². The standard InChI is InChI=1S/C9H11FO/c1-6-3-7(2)8(5-11)9(10)4-6/h3,5-6H,4H2,1-2H3. The van der Waals surface area contributed by atoms with Crippen LogP contribution < -0.4 is 0 Å². The first-order valence-corrected chi connectivity index (χ1v) is 3.67. The molecule has 60 valence electrons. The first-order chi connectivity index (χ1) is 5.15. The number of hydrogen-bond acceptors (Lipinski definition) is 1. The Balaban J connectivity index is 2.99. The lowest BCUT2D eigenvalue weighted by atomic mass is 9.92. The predicted octanol–water partition coefficient (Wildman–Crippen LogP) is 2.40. The highest BCUT2D eigenvalue weighted by Crippen LogP contribution is 2.27. The lowest BCUT2D eigenvalue weighted by molar-refractivity contribution is -0.104. The third-order valence-electron chi connectivity index (χ3n) is 1.87. The Bertz CT molecular complexity index is 238. The molecule has 1 unspecified atom stereocenters. The van der Waals surface area contributed by atoms with E-state index < -0.39 is 0 Å². The number of hydrogen-bond donors (Lipinski definition) is 0. The molecule has 0 aromatic heterocycles. The predicted molar refractivity (Wildman–Crippen MR) is 41.7 cm³/mol. The van der Waals surface area contributed by atoms with Crippen molar-refractivity contribution < 1.29 is 9.18 Å². The first-order valence-electron chi connectivity index (χ1n) is 3.67. The molecule has 0 saturated heterocycles. The average molecular weight is 154 g/mol. The van der Waals surface area contributed by atoms with E-state index in [2.05, 4.69) is 0 Å². The van der Waals surface area contributed by atoms with E-state index in [4.69, 9.17) is 0 Å². The van der Waals surface area contributed by atoms with E-state index in [1.807, 2.05) is 13.0 Å². The number of aldehydes is 1. The molecule has 0 saturated carbocycles. The summed E-state index contributed by atoms with van der Waals surface area (Å²) >= 11 is 0. The molecule has 1 aliphatic carbocycles. The molecule has 0 radical (unpaired) electrons. The van der Waals surface area contributed by atoms with E-state index in [1.165, 1.54) is 0 Å². The molecule has 0 aliphatic heterocycles. The van der Waals surface area contributed by atoms with E-state index in [1.54, 1.807) is 6.92 Å². The number of carbonyl (C=O) groups is 1. The third kappa shape index (κ3) is 1.56. The second kappa shape index (κ2) is 2.99. The smallest absolute Gasteiger partial charge is 0.152 e. The summed E-state index contributed by atoms with van der Waals surface area (Å²) in [5.74, 6) is -0.0498. The molecule has 0 fully saturated rings. The number of carbonyl (C=O) groups excluding carboxylic acids is 1. The lowest BCUT2D eigenvalue weighted by Gasteiger charge is -2.14. The van der Waals surface area contributed by atoms with Crippen molar-refractivity contribution in [2.24, 2.45) is 5.92 Å². The van der Waals surface area contributed by atoms with Gasteiger partial charge in [0, 0.05) is 12.0 Å². The molecule has 0 spiro atoms. The van der Waals surface area contributed by atoms with Gasteiger partial charge >= 0.3 is 0 Å². The van der Waals surface area contributed by atoms with E-state index in [-0.39, 0.29) is 17.3 Å². The van der Waals surface area contributed by atoms with Crippen LogP contribution in [0, 0.1) is 5.92 Å². The summed E-state index contributed by atoms with van der Waals surface area (Å²) in [5.41, 5.74) is 0.999. The Morgan fingerprint density at radius 1 is 1.73 bits per heavy atom. The fourth-order valence-corrected chi connectivity index (χ4v) is 1.34. The Labute approximate surface area is 65.6 Å². The lowest BCUT2D eigenvalue weighted by Crippen LogP contribution is -2.04. The molecule has 0 amide bonds.